The lowest BCUT2D eigenvalue weighted by Crippen LogP contribution is -2.47. The Kier molecular flexibility index (Phi) is 3.31. The van der Waals surface area contributed by atoms with Crippen molar-refractivity contribution in [1.29, 1.82) is 0 Å². The van der Waals surface area contributed by atoms with Gasteiger partial charge < -0.3 is 9.52 Å². The molecule has 0 spiro atoms. The van der Waals surface area contributed by atoms with Crippen molar-refractivity contribution in [2.75, 3.05) is 19.7 Å². The van der Waals surface area contributed by atoms with Crippen LogP contribution in [0.25, 0.3) is 11.5 Å². The molecule has 0 amide bonds. The molecular weight excluding hydrogens is 242 g/mol. The van der Waals surface area contributed by atoms with Crippen LogP contribution >= 0.6 is 0 Å². The van der Waals surface area contributed by atoms with Gasteiger partial charge in [0.2, 0.25) is 11.8 Å². The Labute approximate surface area is 111 Å². The third kappa shape index (κ3) is 2.67. The standard InChI is InChI=1S/C14H17N3O2/c1-10-2-4-12(5-3-10)14-16-15-13(19-14)8-17-6-11(7-17)9-18/h2-5,11,18H,6-9H2,1H3. The van der Waals surface area contributed by atoms with Crippen molar-refractivity contribution in [2.45, 2.75) is 13.5 Å². The van der Waals surface area contributed by atoms with Gasteiger partial charge in [-0.3, -0.25) is 4.90 Å². The van der Waals surface area contributed by atoms with Gasteiger partial charge >= 0.3 is 0 Å². The van der Waals surface area contributed by atoms with Crippen LogP contribution in [0.4, 0.5) is 0 Å². The molecule has 2 aromatic rings. The van der Waals surface area contributed by atoms with E-state index in [1.54, 1.807) is 0 Å². The number of aryl methyl sites for hydroxylation is 1. The molecule has 19 heavy (non-hydrogen) atoms. The Morgan fingerprint density at radius 3 is 2.68 bits per heavy atom. The fourth-order valence-electron chi connectivity index (χ4n) is 2.24. The maximum atomic E-state index is 8.97. The number of benzene rings is 1. The minimum atomic E-state index is 0.259. The molecule has 1 N–H and O–H groups in total. The fourth-order valence-corrected chi connectivity index (χ4v) is 2.24. The highest BCUT2D eigenvalue weighted by Crippen LogP contribution is 2.21. The van der Waals surface area contributed by atoms with Gasteiger partial charge in [-0.05, 0) is 19.1 Å². The second-order valence-corrected chi connectivity index (χ2v) is 5.11. The molecular formula is C14H17N3O2. The van der Waals surface area contributed by atoms with Crippen LogP contribution in [0.15, 0.2) is 28.7 Å². The maximum absolute atomic E-state index is 8.97. The van der Waals surface area contributed by atoms with Crippen LogP contribution in [0.5, 0.6) is 0 Å². The van der Waals surface area contributed by atoms with E-state index in [0.717, 1.165) is 18.7 Å². The number of rotatable bonds is 4. The average molecular weight is 259 g/mol. The lowest BCUT2D eigenvalue weighted by Gasteiger charge is -2.37. The summed E-state index contributed by atoms with van der Waals surface area (Å²) in [7, 11) is 0. The molecule has 5 nitrogen and oxygen atoms in total. The first-order valence-electron chi connectivity index (χ1n) is 6.47. The molecule has 2 heterocycles. The number of nitrogens with zero attached hydrogens (tertiary/aromatic N) is 3. The molecule has 0 radical (unpaired) electrons. The number of aromatic nitrogens is 2. The highest BCUT2D eigenvalue weighted by Gasteiger charge is 2.27. The summed E-state index contributed by atoms with van der Waals surface area (Å²) >= 11 is 0. The van der Waals surface area contributed by atoms with Gasteiger partial charge in [0, 0.05) is 31.2 Å². The van der Waals surface area contributed by atoms with E-state index in [9.17, 15) is 0 Å². The van der Waals surface area contributed by atoms with Gasteiger partial charge in [-0.1, -0.05) is 17.7 Å². The highest BCUT2D eigenvalue weighted by molar-refractivity contribution is 5.52. The largest absolute Gasteiger partial charge is 0.419 e. The zero-order valence-electron chi connectivity index (χ0n) is 10.9. The molecule has 1 aromatic heterocycles. The lowest BCUT2D eigenvalue weighted by atomic mass is 10.0. The van der Waals surface area contributed by atoms with Crippen LogP contribution in [0.2, 0.25) is 0 Å². The first-order chi connectivity index (χ1) is 9.24. The molecule has 1 aliphatic heterocycles. The summed E-state index contributed by atoms with van der Waals surface area (Å²) in [5.74, 6) is 1.60. The van der Waals surface area contributed by atoms with Crippen LogP contribution < -0.4 is 0 Å². The van der Waals surface area contributed by atoms with Gasteiger partial charge in [0.25, 0.3) is 0 Å². The van der Waals surface area contributed by atoms with Crippen molar-refractivity contribution >= 4 is 0 Å². The fraction of sp³-hybridized carbons (Fsp3) is 0.429. The predicted octanol–water partition coefficient (Wildman–Crippen LogP) is 1.47. The Morgan fingerprint density at radius 1 is 1.26 bits per heavy atom. The molecule has 0 aliphatic carbocycles. The number of hydrogen-bond acceptors (Lipinski definition) is 5. The number of aliphatic hydroxyl groups is 1. The summed E-state index contributed by atoms with van der Waals surface area (Å²) in [5, 5.41) is 17.1. The normalized spacial score (nSPS) is 16.5. The molecule has 1 saturated heterocycles. The van der Waals surface area contributed by atoms with E-state index in [-0.39, 0.29) is 6.61 Å². The van der Waals surface area contributed by atoms with E-state index in [0.29, 0.717) is 24.2 Å². The average Bonchev–Trinajstić information content (AvgIpc) is 2.82. The quantitative estimate of drug-likeness (QED) is 0.901. The second kappa shape index (κ2) is 5.11. The zero-order valence-corrected chi connectivity index (χ0v) is 10.9. The van der Waals surface area contributed by atoms with Crippen molar-refractivity contribution in [3.63, 3.8) is 0 Å². The minimum absolute atomic E-state index is 0.259. The van der Waals surface area contributed by atoms with E-state index < -0.39 is 0 Å². The predicted molar refractivity (Wildman–Crippen MR) is 70.3 cm³/mol. The first-order valence-corrected chi connectivity index (χ1v) is 6.47. The Hall–Kier alpha value is -1.72. The smallest absolute Gasteiger partial charge is 0.247 e. The molecule has 0 atom stereocenters. The first kappa shape index (κ1) is 12.3. The summed E-state index contributed by atoms with van der Waals surface area (Å²) in [6.45, 7) is 4.77. The third-order valence-electron chi connectivity index (χ3n) is 3.42. The summed E-state index contributed by atoms with van der Waals surface area (Å²) in [5.41, 5.74) is 2.15. The van der Waals surface area contributed by atoms with E-state index >= 15 is 0 Å². The van der Waals surface area contributed by atoms with E-state index in [2.05, 4.69) is 15.1 Å². The molecule has 100 valence electrons. The van der Waals surface area contributed by atoms with Crippen molar-refractivity contribution in [1.82, 2.24) is 15.1 Å². The Morgan fingerprint density at radius 2 is 2.00 bits per heavy atom. The van der Waals surface area contributed by atoms with E-state index in [1.807, 2.05) is 31.2 Å². The second-order valence-electron chi connectivity index (χ2n) is 5.11. The van der Waals surface area contributed by atoms with Crippen molar-refractivity contribution < 1.29 is 9.52 Å². The maximum Gasteiger partial charge on any atom is 0.247 e. The van der Waals surface area contributed by atoms with Crippen molar-refractivity contribution in [2.24, 2.45) is 5.92 Å². The summed E-state index contributed by atoms with van der Waals surface area (Å²) < 4.78 is 5.66. The summed E-state index contributed by atoms with van der Waals surface area (Å²) in [6.07, 6.45) is 0. The summed E-state index contributed by atoms with van der Waals surface area (Å²) in [4.78, 5) is 2.19. The zero-order chi connectivity index (χ0) is 13.2. The van der Waals surface area contributed by atoms with Crippen molar-refractivity contribution in [3.05, 3.63) is 35.7 Å². The van der Waals surface area contributed by atoms with Crippen LogP contribution in [0, 0.1) is 12.8 Å². The van der Waals surface area contributed by atoms with Crippen LogP contribution in [-0.4, -0.2) is 39.9 Å². The van der Waals surface area contributed by atoms with Crippen LogP contribution in [0.3, 0.4) is 0 Å². The molecule has 3 rings (SSSR count). The highest BCUT2D eigenvalue weighted by atomic mass is 16.4. The van der Waals surface area contributed by atoms with E-state index in [1.165, 1.54) is 5.56 Å². The third-order valence-corrected chi connectivity index (χ3v) is 3.42. The van der Waals surface area contributed by atoms with Gasteiger partial charge in [0.15, 0.2) is 0 Å². The lowest BCUT2D eigenvalue weighted by molar-refractivity contribution is 0.0417. The van der Waals surface area contributed by atoms with Gasteiger partial charge in [-0.15, -0.1) is 10.2 Å². The van der Waals surface area contributed by atoms with E-state index in [4.69, 9.17) is 9.52 Å². The monoisotopic (exact) mass is 259 g/mol. The molecule has 0 bridgehead atoms. The molecule has 5 heteroatoms. The van der Waals surface area contributed by atoms with Gasteiger partial charge in [0.05, 0.1) is 6.54 Å². The van der Waals surface area contributed by atoms with Crippen LogP contribution in [0.1, 0.15) is 11.5 Å². The van der Waals surface area contributed by atoms with Crippen molar-refractivity contribution in [3.8, 4) is 11.5 Å². The number of aliphatic hydroxyl groups excluding tert-OH is 1. The Bertz CT molecular complexity index is 544. The number of hydrogen-bond donors (Lipinski definition) is 1. The molecule has 1 fully saturated rings. The van der Waals surface area contributed by atoms with Crippen LogP contribution in [-0.2, 0) is 6.54 Å². The Balaban J connectivity index is 1.65. The molecule has 1 aromatic carbocycles. The molecule has 0 saturated carbocycles. The molecule has 1 aliphatic rings. The minimum Gasteiger partial charge on any atom is -0.419 e. The topological polar surface area (TPSA) is 62.4 Å². The molecule has 0 unspecified atom stereocenters. The van der Waals surface area contributed by atoms with Gasteiger partial charge in [0.1, 0.15) is 0 Å². The van der Waals surface area contributed by atoms with Gasteiger partial charge in [-0.2, -0.15) is 0 Å². The number of likely N-dealkylation sites (tertiary alicyclic amines) is 1. The van der Waals surface area contributed by atoms with Gasteiger partial charge in [-0.25, -0.2) is 0 Å². The SMILES string of the molecule is Cc1ccc(-c2nnc(CN3CC(CO)C3)o2)cc1. The summed E-state index contributed by atoms with van der Waals surface area (Å²) in [6, 6.07) is 8.02.